The highest BCUT2D eigenvalue weighted by Gasteiger charge is 2.45. The van der Waals surface area contributed by atoms with E-state index in [0.29, 0.717) is 21.2 Å². The summed E-state index contributed by atoms with van der Waals surface area (Å²) in [6, 6.07) is 12.5. The van der Waals surface area contributed by atoms with Crippen LogP contribution in [-0.4, -0.2) is 28.2 Å². The van der Waals surface area contributed by atoms with Crippen LogP contribution in [0.15, 0.2) is 66.8 Å². The molecule has 1 N–H and O–H groups in total. The smallest absolute Gasteiger partial charge is 0.295 e. The van der Waals surface area contributed by atoms with Crippen molar-refractivity contribution in [1.29, 1.82) is 0 Å². The van der Waals surface area contributed by atoms with Crippen molar-refractivity contribution in [1.82, 2.24) is 4.90 Å². The maximum absolute atomic E-state index is 12.6. The Hall–Kier alpha value is -2.56. The number of benzene rings is 2. The quantitative estimate of drug-likeness (QED) is 0.361. The van der Waals surface area contributed by atoms with Gasteiger partial charge in [-0.25, -0.2) is 0 Å². The van der Waals surface area contributed by atoms with Gasteiger partial charge in [-0.05, 0) is 42.0 Å². The first-order chi connectivity index (χ1) is 12.4. The van der Waals surface area contributed by atoms with Crippen molar-refractivity contribution < 1.29 is 14.7 Å². The number of amides is 1. The van der Waals surface area contributed by atoms with Crippen LogP contribution in [-0.2, 0) is 9.59 Å². The van der Waals surface area contributed by atoms with E-state index in [4.69, 9.17) is 23.2 Å². The Morgan fingerprint density at radius 2 is 1.58 bits per heavy atom. The molecule has 2 aromatic carbocycles. The Bertz CT molecular complexity index is 902. The van der Waals surface area contributed by atoms with Gasteiger partial charge in [0, 0.05) is 22.2 Å². The zero-order valence-corrected chi connectivity index (χ0v) is 15.2. The predicted octanol–water partition coefficient (Wildman–Crippen LogP) is 4.60. The van der Waals surface area contributed by atoms with Gasteiger partial charge in [-0.2, -0.15) is 0 Å². The number of carbonyl (C=O) groups is 2. The van der Waals surface area contributed by atoms with E-state index < -0.39 is 17.7 Å². The van der Waals surface area contributed by atoms with E-state index in [9.17, 15) is 14.7 Å². The van der Waals surface area contributed by atoms with Crippen molar-refractivity contribution in [3.8, 4) is 0 Å². The van der Waals surface area contributed by atoms with Gasteiger partial charge in [-0.15, -0.1) is 6.58 Å². The minimum atomic E-state index is -0.737. The van der Waals surface area contributed by atoms with Gasteiger partial charge in [0.25, 0.3) is 11.7 Å². The highest BCUT2D eigenvalue weighted by molar-refractivity contribution is 6.46. The van der Waals surface area contributed by atoms with Crippen molar-refractivity contribution in [3.63, 3.8) is 0 Å². The summed E-state index contributed by atoms with van der Waals surface area (Å²) in [7, 11) is 0. The van der Waals surface area contributed by atoms with E-state index in [2.05, 4.69) is 6.58 Å². The second kappa shape index (κ2) is 7.36. The minimum Gasteiger partial charge on any atom is -0.507 e. The average Bonchev–Trinajstić information content (AvgIpc) is 2.88. The molecule has 0 aliphatic carbocycles. The van der Waals surface area contributed by atoms with Crippen LogP contribution in [0, 0.1) is 0 Å². The molecule has 1 saturated heterocycles. The first kappa shape index (κ1) is 18.2. The predicted molar refractivity (Wildman–Crippen MR) is 102 cm³/mol. The number of nitrogens with zero attached hydrogens (tertiary/aromatic N) is 1. The molecule has 1 fully saturated rings. The number of Topliss-reactive ketones (excluding diaryl/α,β-unsaturated/α-hetero) is 1. The Kier molecular flexibility index (Phi) is 5.16. The molecular formula is C20H15Cl2NO3. The highest BCUT2D eigenvalue weighted by atomic mass is 35.5. The molecule has 0 bridgehead atoms. The van der Waals surface area contributed by atoms with Crippen LogP contribution in [0.2, 0.25) is 10.0 Å². The third-order valence-electron chi connectivity index (χ3n) is 4.17. The number of halogens is 2. The number of aliphatic hydroxyl groups excluding tert-OH is 1. The third-order valence-corrected chi connectivity index (χ3v) is 4.67. The molecule has 0 spiro atoms. The highest BCUT2D eigenvalue weighted by Crippen LogP contribution is 2.39. The summed E-state index contributed by atoms with van der Waals surface area (Å²) in [6.45, 7) is 3.82. The molecule has 2 aromatic rings. The topological polar surface area (TPSA) is 57.6 Å². The number of carbonyl (C=O) groups excluding carboxylic acids is 2. The SMILES string of the molecule is C=CCN1C(=O)C(=O)C(=C(O)c2ccc(Cl)cc2)[C@H]1c1ccc(Cl)cc1. The normalized spacial score (nSPS) is 19.0. The Morgan fingerprint density at radius 1 is 1.04 bits per heavy atom. The Morgan fingerprint density at radius 3 is 2.12 bits per heavy atom. The van der Waals surface area contributed by atoms with Crippen molar-refractivity contribution in [2.75, 3.05) is 6.54 Å². The molecule has 1 aliphatic rings. The van der Waals surface area contributed by atoms with Crippen LogP contribution in [0.3, 0.4) is 0 Å². The van der Waals surface area contributed by atoms with Gasteiger partial charge in [0.1, 0.15) is 5.76 Å². The molecule has 3 rings (SSSR count). The Labute approximate surface area is 161 Å². The summed E-state index contributed by atoms with van der Waals surface area (Å²) < 4.78 is 0. The Balaban J connectivity index is 2.18. The van der Waals surface area contributed by atoms with Crippen molar-refractivity contribution >= 4 is 40.7 Å². The molecule has 1 amide bonds. The lowest BCUT2D eigenvalue weighted by Crippen LogP contribution is -2.29. The van der Waals surface area contributed by atoms with Crippen molar-refractivity contribution in [2.45, 2.75) is 6.04 Å². The molecule has 132 valence electrons. The van der Waals surface area contributed by atoms with Crippen LogP contribution in [0.1, 0.15) is 17.2 Å². The number of aliphatic hydroxyl groups is 1. The summed E-state index contributed by atoms with van der Waals surface area (Å²) in [5, 5.41) is 11.8. The van der Waals surface area contributed by atoms with E-state index in [1.165, 1.54) is 11.0 Å². The first-order valence-electron chi connectivity index (χ1n) is 7.84. The van der Waals surface area contributed by atoms with E-state index in [-0.39, 0.29) is 17.9 Å². The maximum atomic E-state index is 12.6. The molecule has 6 heteroatoms. The standard InChI is InChI=1S/C20H15Cl2NO3/c1-2-11-23-17(12-3-7-14(21)8-4-12)16(19(25)20(23)26)18(24)13-5-9-15(22)10-6-13/h2-10,17,24H,1,11H2/t17-/m1/s1. The van der Waals surface area contributed by atoms with Crippen molar-refractivity contribution in [2.24, 2.45) is 0 Å². The number of hydrogen-bond donors (Lipinski definition) is 1. The second-order valence-electron chi connectivity index (χ2n) is 5.80. The summed E-state index contributed by atoms with van der Waals surface area (Å²) in [5.74, 6) is -1.66. The summed E-state index contributed by atoms with van der Waals surface area (Å²) in [5.41, 5.74) is 1.11. The number of ketones is 1. The lowest BCUT2D eigenvalue weighted by molar-refractivity contribution is -0.139. The van der Waals surface area contributed by atoms with Gasteiger partial charge in [0.15, 0.2) is 0 Å². The summed E-state index contributed by atoms with van der Waals surface area (Å²) in [4.78, 5) is 26.5. The number of rotatable bonds is 4. The van der Waals surface area contributed by atoms with E-state index in [1.807, 2.05) is 0 Å². The second-order valence-corrected chi connectivity index (χ2v) is 6.67. The molecular weight excluding hydrogens is 373 g/mol. The van der Waals surface area contributed by atoms with E-state index >= 15 is 0 Å². The van der Waals surface area contributed by atoms with Crippen LogP contribution in [0.5, 0.6) is 0 Å². The molecule has 1 heterocycles. The summed E-state index contributed by atoms with van der Waals surface area (Å²) >= 11 is 11.8. The van der Waals surface area contributed by atoms with Gasteiger partial charge in [0.05, 0.1) is 11.6 Å². The van der Waals surface area contributed by atoms with Crippen LogP contribution in [0.4, 0.5) is 0 Å². The van der Waals surface area contributed by atoms with Gasteiger partial charge >= 0.3 is 0 Å². The fourth-order valence-corrected chi connectivity index (χ4v) is 3.21. The van der Waals surface area contributed by atoms with Gasteiger partial charge < -0.3 is 10.0 Å². The van der Waals surface area contributed by atoms with Crippen LogP contribution >= 0.6 is 23.2 Å². The lowest BCUT2D eigenvalue weighted by Gasteiger charge is -2.24. The zero-order valence-electron chi connectivity index (χ0n) is 13.7. The van der Waals surface area contributed by atoms with Crippen molar-refractivity contribution in [3.05, 3.63) is 87.9 Å². The molecule has 4 nitrogen and oxygen atoms in total. The molecule has 0 unspecified atom stereocenters. The van der Waals surface area contributed by atoms with Crippen LogP contribution in [0.25, 0.3) is 5.76 Å². The minimum absolute atomic E-state index is 0.0292. The molecule has 26 heavy (non-hydrogen) atoms. The molecule has 1 atom stereocenters. The molecule has 0 saturated carbocycles. The lowest BCUT2D eigenvalue weighted by atomic mass is 9.95. The largest absolute Gasteiger partial charge is 0.507 e. The molecule has 0 radical (unpaired) electrons. The number of likely N-dealkylation sites (tertiary alicyclic amines) is 1. The fourth-order valence-electron chi connectivity index (χ4n) is 2.96. The molecule has 0 aromatic heterocycles. The van der Waals surface area contributed by atoms with E-state index in [1.54, 1.807) is 48.5 Å². The van der Waals surface area contributed by atoms with Crippen LogP contribution < -0.4 is 0 Å². The average molecular weight is 388 g/mol. The summed E-state index contributed by atoms with van der Waals surface area (Å²) in [6.07, 6.45) is 1.54. The van der Waals surface area contributed by atoms with Gasteiger partial charge in [-0.3, -0.25) is 9.59 Å². The van der Waals surface area contributed by atoms with Gasteiger partial charge in [-0.1, -0.05) is 41.4 Å². The third kappa shape index (κ3) is 3.26. The van der Waals surface area contributed by atoms with Gasteiger partial charge in [0.2, 0.25) is 0 Å². The first-order valence-corrected chi connectivity index (χ1v) is 8.60. The number of hydrogen-bond acceptors (Lipinski definition) is 3. The van der Waals surface area contributed by atoms with E-state index in [0.717, 1.165) is 0 Å². The maximum Gasteiger partial charge on any atom is 0.295 e. The molecule has 1 aliphatic heterocycles. The monoisotopic (exact) mass is 387 g/mol. The fraction of sp³-hybridized carbons (Fsp3) is 0.100. The zero-order chi connectivity index (χ0) is 18.8.